The first kappa shape index (κ1) is 88.2. The second-order valence-corrected chi connectivity index (χ2v) is 44.1. The molecule has 2 heterocycles. The van der Waals surface area contributed by atoms with E-state index in [9.17, 15) is 0 Å². The maximum absolute atomic E-state index is 6.40. The molecule has 20 aromatic rings. The van der Waals surface area contributed by atoms with Crippen molar-refractivity contribution in [1.29, 1.82) is 0 Å². The number of nitrogens with zero attached hydrogens (tertiary/aromatic N) is 4. The molecule has 5 nitrogen and oxygen atoms in total. The lowest BCUT2D eigenvalue weighted by molar-refractivity contribution is -0.0399. The first-order valence-corrected chi connectivity index (χ1v) is 52.8. The van der Waals surface area contributed by atoms with E-state index in [4.69, 9.17) is 4.42 Å². The average Bonchev–Trinajstić information content (AvgIpc) is 1.52. The Morgan fingerprint density at radius 1 is 0.201 bits per heavy atom. The van der Waals surface area contributed by atoms with Gasteiger partial charge in [0.1, 0.15) is 11.2 Å². The standard InChI is InChI=1S/C46H38N2.C46H37NO.C44H37N.3CH4/c1-2-11-34(12-3-1)47(35-13-10-14-36(28-35)48-44-19-8-5-16-39(44)40-17-6-9-20-45(40)48)37-21-22-43-41(29-37)38-15-4-7-18-42(38)46(43)32-24-30-23-31(26-32)27-33(46)25-30;1-2-9-34(10-3-1)47(35-19-17-31(18-20-35)37-13-8-14-40-39-12-5-7-16-44(39)48-45(37)40)36-21-22-43-41(28-36)38-11-4-6-15-42(38)46(43)32-24-29-23-30(26-32)27-33(46)25-29;1-3-11-31(12-4-1)36-20-22-43(39-17-8-7-15-37(36)39)45(34-13-5-2-6-14-34)35-19-21-42-40(28-35)38-16-9-10-18-41(38)44(42)32-24-29-23-30(26-32)27-33(44)25-29;;;/h1-22,28-33H,23-27H2;1-22,28-30,32-33H,23-27H2;1-22,28-30,32-33H,23-27H2;3*1H4. The number of hydrogen-bond donors (Lipinski definition) is 0. The lowest BCUT2D eigenvalue weighted by Gasteiger charge is -2.61. The summed E-state index contributed by atoms with van der Waals surface area (Å²) >= 11 is 0. The lowest BCUT2D eigenvalue weighted by Crippen LogP contribution is -2.55. The molecule has 5 heteroatoms. The van der Waals surface area contributed by atoms with Gasteiger partial charge in [0, 0.05) is 99.9 Å². The average molecular weight is 1870 g/mol. The third-order valence-electron chi connectivity index (χ3n) is 37.4. The molecule has 0 amide bonds. The molecule has 3 spiro atoms. The van der Waals surface area contributed by atoms with Crippen LogP contribution in [0.1, 0.15) is 152 Å². The molecule has 144 heavy (non-hydrogen) atoms. The summed E-state index contributed by atoms with van der Waals surface area (Å²) in [6.45, 7) is 0. The van der Waals surface area contributed by atoms with Crippen LogP contribution in [0, 0.1) is 71.0 Å². The molecule has 12 saturated carbocycles. The summed E-state index contributed by atoms with van der Waals surface area (Å²) in [5, 5.41) is 7.44. The van der Waals surface area contributed by atoms with Gasteiger partial charge in [0.2, 0.25) is 0 Å². The lowest BCUT2D eigenvalue weighted by atomic mass is 9.43. The highest BCUT2D eigenvalue weighted by molar-refractivity contribution is 6.12. The van der Waals surface area contributed by atoms with Crippen LogP contribution >= 0.6 is 0 Å². The zero-order valence-electron chi connectivity index (χ0n) is 79.6. The van der Waals surface area contributed by atoms with Gasteiger partial charge in [-0.25, -0.2) is 0 Å². The third-order valence-corrected chi connectivity index (χ3v) is 37.4. The van der Waals surface area contributed by atoms with E-state index in [2.05, 4.69) is 438 Å². The Kier molecular flexibility index (Phi) is 21.1. The summed E-state index contributed by atoms with van der Waals surface area (Å²) in [7, 11) is 0. The molecule has 2 aromatic heterocycles. The van der Waals surface area contributed by atoms with Gasteiger partial charge in [0.15, 0.2) is 0 Å². The molecule has 12 fully saturated rings. The summed E-state index contributed by atoms with van der Waals surface area (Å²) < 4.78 is 8.82. The van der Waals surface area contributed by atoms with Crippen LogP contribution in [-0.4, -0.2) is 4.57 Å². The number of furan rings is 1. The van der Waals surface area contributed by atoms with Gasteiger partial charge >= 0.3 is 0 Å². The van der Waals surface area contributed by atoms with Crippen molar-refractivity contribution in [2.24, 2.45) is 71.0 Å². The van der Waals surface area contributed by atoms with Crippen LogP contribution in [0.3, 0.4) is 0 Å². The quantitative estimate of drug-likeness (QED) is 0.122. The minimum Gasteiger partial charge on any atom is -0.455 e. The van der Waals surface area contributed by atoms with Crippen LogP contribution in [0.4, 0.5) is 51.2 Å². The molecule has 35 rings (SSSR count). The molecular formula is C139H124N4O. The predicted octanol–water partition coefficient (Wildman–Crippen LogP) is 38.0. The van der Waals surface area contributed by atoms with Gasteiger partial charge in [-0.3, -0.25) is 0 Å². The predicted molar refractivity (Wildman–Crippen MR) is 603 cm³/mol. The summed E-state index contributed by atoms with van der Waals surface area (Å²) in [6, 6.07) is 158. The largest absolute Gasteiger partial charge is 0.455 e. The van der Waals surface area contributed by atoms with E-state index < -0.39 is 0 Å². The molecule has 15 aliphatic rings. The normalized spacial score (nSPS) is 24.4. The molecule has 0 unspecified atom stereocenters. The fourth-order valence-electron chi connectivity index (χ4n) is 33.0. The van der Waals surface area contributed by atoms with E-state index in [0.717, 1.165) is 115 Å². The number of benzene rings is 18. The van der Waals surface area contributed by atoms with Crippen LogP contribution in [0.25, 0.3) is 116 Å². The number of aromatic nitrogens is 1. The van der Waals surface area contributed by atoms with Crippen molar-refractivity contribution in [3.63, 3.8) is 0 Å². The maximum Gasteiger partial charge on any atom is 0.143 e. The Bertz CT molecular complexity index is 8230. The van der Waals surface area contributed by atoms with Gasteiger partial charge in [-0.1, -0.05) is 320 Å². The molecule has 0 aliphatic heterocycles. The van der Waals surface area contributed by atoms with Crippen molar-refractivity contribution in [2.75, 3.05) is 14.7 Å². The summed E-state index contributed by atoms with van der Waals surface area (Å²) in [5.74, 6) is 10.4. The fraction of sp³-hybridized carbons (Fsp3) is 0.237. The van der Waals surface area contributed by atoms with E-state index >= 15 is 0 Å². The Hall–Kier alpha value is -14.8. The Morgan fingerprint density at radius 3 is 0.972 bits per heavy atom. The van der Waals surface area contributed by atoms with Crippen LogP contribution in [0.5, 0.6) is 0 Å². The second kappa shape index (κ2) is 34.5. The van der Waals surface area contributed by atoms with Crippen molar-refractivity contribution in [3.05, 3.63) is 458 Å². The highest BCUT2D eigenvalue weighted by atomic mass is 16.3. The summed E-state index contributed by atoms with van der Waals surface area (Å²) in [6.07, 6.45) is 21.4. The fourth-order valence-corrected chi connectivity index (χ4v) is 33.0. The Morgan fingerprint density at radius 2 is 0.514 bits per heavy atom. The highest BCUT2D eigenvalue weighted by Gasteiger charge is 2.65. The number of anilines is 9. The monoisotopic (exact) mass is 1860 g/mol. The summed E-state index contributed by atoms with van der Waals surface area (Å²) in [4.78, 5) is 7.38. The molecule has 0 atom stereocenters. The van der Waals surface area contributed by atoms with Crippen LogP contribution < -0.4 is 14.7 Å². The van der Waals surface area contributed by atoms with Gasteiger partial charge in [-0.2, -0.15) is 0 Å². The van der Waals surface area contributed by atoms with Gasteiger partial charge in [-0.05, 0) is 384 Å². The molecule has 0 radical (unpaired) electrons. The van der Waals surface area contributed by atoms with Gasteiger partial charge in [0.25, 0.3) is 0 Å². The maximum atomic E-state index is 6.40. The van der Waals surface area contributed by atoms with E-state index in [0.29, 0.717) is 0 Å². The Labute approximate surface area is 848 Å². The number of rotatable bonds is 12. The minimum atomic E-state index is 0. The van der Waals surface area contributed by atoms with Crippen molar-refractivity contribution in [2.45, 2.75) is 135 Å². The van der Waals surface area contributed by atoms with Crippen molar-refractivity contribution in [3.8, 4) is 61.3 Å². The smallest absolute Gasteiger partial charge is 0.143 e. The van der Waals surface area contributed by atoms with E-state index in [1.807, 2.05) is 6.07 Å². The van der Waals surface area contributed by atoms with E-state index in [1.54, 1.807) is 33.4 Å². The number of para-hydroxylation sites is 7. The zero-order chi connectivity index (χ0) is 92.3. The topological polar surface area (TPSA) is 27.8 Å². The SMILES string of the molecule is C.C.C.c1ccc(-c2ccc(N(c3ccccc3)c3ccc4c(c3)-c3ccccc3C43C4CC5CC(C4)CC3C5)c3ccccc23)cc1.c1ccc(N(c2ccc(-c3cccc4c3oc3ccccc34)cc2)c2ccc3c(c2)-c2ccccc2C32C3CC4CC(C3)CC2C4)cc1.c1ccc(N(c2cccc(-n3c4ccccc4c4ccccc43)c2)c2ccc3c(c2)-c2ccccc2C32C3CC4CC(C3)CC2C4)cc1. The van der Waals surface area contributed by atoms with E-state index in [-0.39, 0.29) is 38.5 Å². The van der Waals surface area contributed by atoms with E-state index in [1.165, 1.54) is 219 Å². The van der Waals surface area contributed by atoms with Crippen molar-refractivity contribution >= 4 is 106 Å². The molecule has 706 valence electrons. The molecule has 15 aliphatic carbocycles. The highest BCUT2D eigenvalue weighted by Crippen LogP contribution is 2.74. The minimum absolute atomic E-state index is 0. The molecule has 18 aromatic carbocycles. The molecule has 0 saturated heterocycles. The van der Waals surface area contributed by atoms with Crippen LogP contribution in [-0.2, 0) is 16.2 Å². The zero-order valence-corrected chi connectivity index (χ0v) is 79.6. The first-order chi connectivity index (χ1) is 69.8. The second-order valence-electron chi connectivity index (χ2n) is 44.1. The van der Waals surface area contributed by atoms with Crippen molar-refractivity contribution < 1.29 is 4.42 Å². The third kappa shape index (κ3) is 13.2. The Balaban J connectivity index is 0.000000106. The number of fused-ring (bicyclic) bond motifs is 16. The van der Waals surface area contributed by atoms with Gasteiger partial charge in [-0.15, -0.1) is 0 Å². The van der Waals surface area contributed by atoms with Gasteiger partial charge in [0.05, 0.1) is 16.7 Å². The first-order valence-electron chi connectivity index (χ1n) is 52.8. The molecule has 12 bridgehead atoms. The summed E-state index contributed by atoms with van der Waals surface area (Å²) in [5.41, 5.74) is 40.0. The van der Waals surface area contributed by atoms with Crippen molar-refractivity contribution in [1.82, 2.24) is 4.57 Å². The number of hydrogen-bond acceptors (Lipinski definition) is 4. The van der Waals surface area contributed by atoms with Crippen LogP contribution in [0.15, 0.2) is 429 Å². The molecule has 0 N–H and O–H groups in total. The van der Waals surface area contributed by atoms with Crippen LogP contribution in [0.2, 0.25) is 0 Å². The molecular weight excluding hydrogens is 1740 g/mol. The van der Waals surface area contributed by atoms with Gasteiger partial charge < -0.3 is 23.7 Å².